The first-order valence-electron chi connectivity index (χ1n) is 5.75. The summed E-state index contributed by atoms with van der Waals surface area (Å²) < 4.78 is 5.58. The average Bonchev–Trinajstić information content (AvgIpc) is 2.25. The van der Waals surface area contributed by atoms with Gasteiger partial charge < -0.3 is 14.6 Å². The molecular weight excluding hydrogens is 218 g/mol. The van der Waals surface area contributed by atoms with Gasteiger partial charge in [0.2, 0.25) is 5.88 Å². The van der Waals surface area contributed by atoms with E-state index in [1.165, 1.54) is 6.07 Å². The lowest BCUT2D eigenvalue weighted by molar-refractivity contribution is 0.110. The van der Waals surface area contributed by atoms with Gasteiger partial charge in [-0.2, -0.15) is 0 Å². The zero-order chi connectivity index (χ0) is 13.1. The minimum absolute atomic E-state index is 0.101. The number of nitrogens with zero attached hydrogens (tertiary/aromatic N) is 2. The lowest BCUT2D eigenvalue weighted by Crippen LogP contribution is -2.43. The van der Waals surface area contributed by atoms with E-state index >= 15 is 0 Å². The molecule has 5 nitrogen and oxygen atoms in total. The monoisotopic (exact) mass is 239 g/mol. The lowest BCUT2D eigenvalue weighted by atomic mass is 10.1. The summed E-state index contributed by atoms with van der Waals surface area (Å²) in [5.74, 6) is 1.04. The number of rotatable bonds is 5. The highest BCUT2D eigenvalue weighted by Crippen LogP contribution is 2.12. The molecule has 1 rings (SSSR count). The van der Waals surface area contributed by atoms with E-state index in [0.29, 0.717) is 24.7 Å². The van der Waals surface area contributed by atoms with Crippen molar-refractivity contribution in [2.75, 3.05) is 20.7 Å². The van der Waals surface area contributed by atoms with Crippen LogP contribution in [0.25, 0.3) is 0 Å². The Morgan fingerprint density at radius 3 is 2.65 bits per heavy atom. The molecule has 0 unspecified atom stereocenters. The van der Waals surface area contributed by atoms with Gasteiger partial charge in [0.25, 0.3) is 5.56 Å². The molecule has 0 atom stereocenters. The number of aryl methyl sites for hydroxylation is 1. The Labute approximate surface area is 102 Å². The molecule has 0 fully saturated rings. The van der Waals surface area contributed by atoms with Crippen molar-refractivity contribution >= 4 is 0 Å². The van der Waals surface area contributed by atoms with Crippen molar-refractivity contribution in [3.05, 3.63) is 22.2 Å². The molecule has 0 aliphatic carbocycles. The fourth-order valence-corrected chi connectivity index (χ4v) is 1.10. The van der Waals surface area contributed by atoms with Crippen molar-refractivity contribution in [2.45, 2.75) is 32.7 Å². The molecule has 0 bridgehead atoms. The number of aromatic nitrogens is 2. The average molecular weight is 239 g/mol. The molecule has 0 aromatic carbocycles. The Bertz CT molecular complexity index is 424. The van der Waals surface area contributed by atoms with Gasteiger partial charge in [0.05, 0.1) is 6.07 Å². The van der Waals surface area contributed by atoms with E-state index in [1.54, 1.807) is 0 Å². The maximum Gasteiger partial charge on any atom is 0.254 e. The molecule has 0 aliphatic heterocycles. The first-order chi connectivity index (χ1) is 7.85. The Hall–Kier alpha value is -1.36. The summed E-state index contributed by atoms with van der Waals surface area (Å²) >= 11 is 0. The largest absolute Gasteiger partial charge is 0.476 e. The van der Waals surface area contributed by atoms with Crippen LogP contribution >= 0.6 is 0 Å². The molecule has 17 heavy (non-hydrogen) atoms. The minimum atomic E-state index is -0.172. The third kappa shape index (κ3) is 3.85. The standard InChI is InChI=1S/C12H21N3O2/c1-6-9-13-10(16)7-11(14-9)17-8-12(2,3)15(4)5/h7H,6,8H2,1-5H3,(H,13,14,16). The normalized spacial score (nSPS) is 11.9. The van der Waals surface area contributed by atoms with E-state index in [1.807, 2.05) is 21.0 Å². The highest BCUT2D eigenvalue weighted by molar-refractivity contribution is 5.09. The molecule has 0 spiro atoms. The summed E-state index contributed by atoms with van der Waals surface area (Å²) in [6.07, 6.45) is 0.684. The minimum Gasteiger partial charge on any atom is -0.476 e. The Morgan fingerprint density at radius 2 is 2.12 bits per heavy atom. The third-order valence-electron chi connectivity index (χ3n) is 2.89. The van der Waals surface area contributed by atoms with Crippen molar-refractivity contribution in [1.82, 2.24) is 14.9 Å². The van der Waals surface area contributed by atoms with Crippen molar-refractivity contribution in [2.24, 2.45) is 0 Å². The van der Waals surface area contributed by atoms with Gasteiger partial charge in [-0.1, -0.05) is 6.92 Å². The van der Waals surface area contributed by atoms with Gasteiger partial charge >= 0.3 is 0 Å². The molecule has 1 N–H and O–H groups in total. The van der Waals surface area contributed by atoms with Crippen molar-refractivity contribution in [3.8, 4) is 5.88 Å². The molecule has 0 amide bonds. The third-order valence-corrected chi connectivity index (χ3v) is 2.89. The van der Waals surface area contributed by atoms with Crippen LogP contribution in [0.1, 0.15) is 26.6 Å². The second-order valence-electron chi connectivity index (χ2n) is 4.88. The van der Waals surface area contributed by atoms with Crippen LogP contribution in [0.15, 0.2) is 10.9 Å². The number of nitrogens with one attached hydrogen (secondary N) is 1. The second kappa shape index (κ2) is 5.31. The zero-order valence-corrected chi connectivity index (χ0v) is 11.2. The van der Waals surface area contributed by atoms with Crippen molar-refractivity contribution in [1.29, 1.82) is 0 Å². The summed E-state index contributed by atoms with van der Waals surface area (Å²) in [5.41, 5.74) is -0.272. The topological polar surface area (TPSA) is 58.2 Å². The lowest BCUT2D eigenvalue weighted by Gasteiger charge is -2.31. The van der Waals surface area contributed by atoms with Crippen molar-refractivity contribution in [3.63, 3.8) is 0 Å². The molecule has 0 aliphatic rings. The number of likely N-dealkylation sites (N-methyl/N-ethyl adjacent to an activating group) is 1. The van der Waals surface area contributed by atoms with Gasteiger partial charge in [-0.05, 0) is 27.9 Å². The fraction of sp³-hybridized carbons (Fsp3) is 0.667. The van der Waals surface area contributed by atoms with Gasteiger partial charge in [0.1, 0.15) is 12.4 Å². The summed E-state index contributed by atoms with van der Waals surface area (Å²) in [6, 6.07) is 1.38. The number of H-pyrrole nitrogens is 1. The molecule has 1 heterocycles. The summed E-state index contributed by atoms with van der Waals surface area (Å²) in [6.45, 7) is 6.56. The maximum absolute atomic E-state index is 11.3. The van der Waals surface area contributed by atoms with E-state index in [9.17, 15) is 4.79 Å². The van der Waals surface area contributed by atoms with E-state index in [-0.39, 0.29) is 11.1 Å². The fourth-order valence-electron chi connectivity index (χ4n) is 1.10. The van der Waals surface area contributed by atoms with Crippen LogP contribution < -0.4 is 10.3 Å². The van der Waals surface area contributed by atoms with E-state index in [4.69, 9.17) is 4.74 Å². The summed E-state index contributed by atoms with van der Waals surface area (Å²) in [5, 5.41) is 0. The Balaban J connectivity index is 2.76. The molecule has 0 saturated carbocycles. The maximum atomic E-state index is 11.3. The van der Waals surface area contributed by atoms with Crippen LogP contribution in [0.3, 0.4) is 0 Å². The first kappa shape index (κ1) is 13.7. The van der Waals surface area contributed by atoms with Gasteiger partial charge in [-0.15, -0.1) is 0 Å². The van der Waals surface area contributed by atoms with Crippen molar-refractivity contribution < 1.29 is 4.74 Å². The Kier molecular flexibility index (Phi) is 4.28. The second-order valence-corrected chi connectivity index (χ2v) is 4.88. The molecule has 0 radical (unpaired) electrons. The molecule has 5 heteroatoms. The number of aromatic amines is 1. The number of hydrogen-bond donors (Lipinski definition) is 1. The molecule has 96 valence electrons. The van der Waals surface area contributed by atoms with Crippen LogP contribution in [-0.4, -0.2) is 41.1 Å². The van der Waals surface area contributed by atoms with Crippen LogP contribution in [0.4, 0.5) is 0 Å². The highest BCUT2D eigenvalue weighted by Gasteiger charge is 2.21. The van der Waals surface area contributed by atoms with Gasteiger partial charge in [-0.25, -0.2) is 4.98 Å². The summed E-state index contributed by atoms with van der Waals surface area (Å²) in [7, 11) is 3.98. The summed E-state index contributed by atoms with van der Waals surface area (Å²) in [4.78, 5) is 20.3. The molecule has 0 saturated heterocycles. The highest BCUT2D eigenvalue weighted by atomic mass is 16.5. The Morgan fingerprint density at radius 1 is 1.47 bits per heavy atom. The van der Waals surface area contributed by atoms with E-state index in [0.717, 1.165) is 0 Å². The molecule has 1 aromatic heterocycles. The van der Waals surface area contributed by atoms with Crippen LogP contribution in [0.5, 0.6) is 5.88 Å². The predicted molar refractivity (Wildman–Crippen MR) is 67.5 cm³/mol. The van der Waals surface area contributed by atoms with E-state index in [2.05, 4.69) is 28.7 Å². The van der Waals surface area contributed by atoms with Crippen LogP contribution in [-0.2, 0) is 6.42 Å². The zero-order valence-electron chi connectivity index (χ0n) is 11.2. The number of ether oxygens (including phenoxy) is 1. The van der Waals surface area contributed by atoms with Gasteiger partial charge in [-0.3, -0.25) is 4.79 Å². The van der Waals surface area contributed by atoms with Gasteiger partial charge in [0.15, 0.2) is 0 Å². The number of hydrogen-bond acceptors (Lipinski definition) is 4. The van der Waals surface area contributed by atoms with Crippen LogP contribution in [0.2, 0.25) is 0 Å². The SMILES string of the molecule is CCc1nc(OCC(C)(C)N(C)C)cc(=O)[nH]1. The smallest absolute Gasteiger partial charge is 0.254 e. The van der Waals surface area contributed by atoms with Crippen LogP contribution in [0, 0.1) is 0 Å². The predicted octanol–water partition coefficient (Wildman–Crippen LogP) is 1.05. The quantitative estimate of drug-likeness (QED) is 0.834. The molecular formula is C12H21N3O2. The van der Waals surface area contributed by atoms with Gasteiger partial charge in [0, 0.05) is 12.0 Å². The first-order valence-corrected chi connectivity index (χ1v) is 5.75. The van der Waals surface area contributed by atoms with E-state index < -0.39 is 0 Å². The molecule has 1 aromatic rings.